The van der Waals surface area contributed by atoms with Gasteiger partial charge in [0.1, 0.15) is 6.04 Å². The molecule has 25 heavy (non-hydrogen) atoms. The fourth-order valence-electron chi connectivity index (χ4n) is 2.66. The third kappa shape index (κ3) is 4.82. The first-order chi connectivity index (χ1) is 11.7. The highest BCUT2D eigenvalue weighted by atomic mass is 32.2. The summed E-state index contributed by atoms with van der Waals surface area (Å²) in [7, 11) is -3.60. The predicted octanol–water partition coefficient (Wildman–Crippen LogP) is 3.03. The highest BCUT2D eigenvalue weighted by Crippen LogP contribution is 2.21. The second-order valence-electron chi connectivity index (χ2n) is 6.21. The smallest absolute Gasteiger partial charge is 0.244 e. The molecule has 0 aliphatic rings. The zero-order valence-corrected chi connectivity index (χ0v) is 15.7. The van der Waals surface area contributed by atoms with Crippen LogP contribution in [-0.4, -0.2) is 26.6 Å². The van der Waals surface area contributed by atoms with Crippen molar-refractivity contribution in [3.63, 3.8) is 0 Å². The number of anilines is 1. The number of benzene rings is 2. The molecule has 5 nitrogen and oxygen atoms in total. The Kier molecular flexibility index (Phi) is 5.85. The lowest BCUT2D eigenvalue weighted by Gasteiger charge is -2.29. The van der Waals surface area contributed by atoms with E-state index >= 15 is 0 Å². The van der Waals surface area contributed by atoms with Gasteiger partial charge in [0, 0.05) is 0 Å². The van der Waals surface area contributed by atoms with Crippen molar-refractivity contribution in [2.75, 3.05) is 10.6 Å². The normalized spacial score (nSPS) is 13.8. The van der Waals surface area contributed by atoms with E-state index in [-0.39, 0.29) is 11.9 Å². The third-order valence-corrected chi connectivity index (χ3v) is 5.28. The summed E-state index contributed by atoms with van der Waals surface area (Å²) in [6, 6.07) is 15.4. The number of nitrogens with zero attached hydrogens (tertiary/aromatic N) is 1. The van der Waals surface area contributed by atoms with Gasteiger partial charge in [0.15, 0.2) is 0 Å². The molecule has 0 saturated carbocycles. The molecule has 0 spiro atoms. The van der Waals surface area contributed by atoms with Gasteiger partial charge in [0.05, 0.1) is 18.0 Å². The Morgan fingerprint density at radius 3 is 2.08 bits per heavy atom. The molecule has 2 atom stereocenters. The van der Waals surface area contributed by atoms with Crippen LogP contribution in [0.4, 0.5) is 5.69 Å². The van der Waals surface area contributed by atoms with Gasteiger partial charge in [-0.25, -0.2) is 8.42 Å². The van der Waals surface area contributed by atoms with Crippen LogP contribution >= 0.6 is 0 Å². The molecular formula is C19H24N2O3S. The minimum absolute atomic E-state index is 0.215. The van der Waals surface area contributed by atoms with E-state index in [2.05, 4.69) is 5.32 Å². The average molecular weight is 360 g/mol. The van der Waals surface area contributed by atoms with Gasteiger partial charge in [-0.2, -0.15) is 0 Å². The van der Waals surface area contributed by atoms with Crippen molar-refractivity contribution >= 4 is 21.6 Å². The van der Waals surface area contributed by atoms with Gasteiger partial charge in [-0.05, 0) is 38.5 Å². The quantitative estimate of drug-likeness (QED) is 0.861. The molecule has 0 unspecified atom stereocenters. The molecule has 1 N–H and O–H groups in total. The van der Waals surface area contributed by atoms with Gasteiger partial charge in [0.25, 0.3) is 0 Å². The topological polar surface area (TPSA) is 66.5 Å². The van der Waals surface area contributed by atoms with E-state index in [9.17, 15) is 13.2 Å². The summed E-state index contributed by atoms with van der Waals surface area (Å²) < 4.78 is 25.6. The van der Waals surface area contributed by atoms with Crippen molar-refractivity contribution in [3.05, 3.63) is 65.7 Å². The van der Waals surface area contributed by atoms with Crippen LogP contribution in [0.25, 0.3) is 0 Å². The van der Waals surface area contributed by atoms with Crippen LogP contribution in [0.5, 0.6) is 0 Å². The Morgan fingerprint density at radius 1 is 1.00 bits per heavy atom. The maximum Gasteiger partial charge on any atom is 0.244 e. The molecule has 0 aliphatic carbocycles. The Morgan fingerprint density at radius 2 is 1.56 bits per heavy atom. The molecule has 1 amide bonds. The summed E-state index contributed by atoms with van der Waals surface area (Å²) in [5.41, 5.74) is 2.58. The Balaban J connectivity index is 2.20. The first-order valence-corrected chi connectivity index (χ1v) is 9.96. The van der Waals surface area contributed by atoms with Crippen molar-refractivity contribution in [3.8, 4) is 0 Å². The molecule has 2 aromatic rings. The number of hydrogen-bond acceptors (Lipinski definition) is 3. The third-order valence-electron chi connectivity index (χ3n) is 4.04. The fraction of sp³-hybridized carbons (Fsp3) is 0.316. The summed E-state index contributed by atoms with van der Waals surface area (Å²) in [4.78, 5) is 12.6. The molecule has 0 radical (unpaired) electrons. The fourth-order valence-corrected chi connectivity index (χ4v) is 3.83. The van der Waals surface area contributed by atoms with Gasteiger partial charge in [-0.3, -0.25) is 9.10 Å². The van der Waals surface area contributed by atoms with Gasteiger partial charge in [0.2, 0.25) is 15.9 Å². The molecule has 6 heteroatoms. The van der Waals surface area contributed by atoms with Crippen molar-refractivity contribution < 1.29 is 13.2 Å². The largest absolute Gasteiger partial charge is 0.348 e. The molecule has 0 fully saturated rings. The van der Waals surface area contributed by atoms with Gasteiger partial charge < -0.3 is 5.32 Å². The first-order valence-electron chi connectivity index (χ1n) is 8.11. The number of carbonyl (C=O) groups excluding carboxylic acids is 1. The molecule has 0 heterocycles. The zero-order valence-electron chi connectivity index (χ0n) is 14.9. The molecule has 2 aromatic carbocycles. The van der Waals surface area contributed by atoms with Gasteiger partial charge >= 0.3 is 0 Å². The second kappa shape index (κ2) is 7.70. The summed E-state index contributed by atoms with van der Waals surface area (Å²) in [5, 5.41) is 2.89. The molecular weight excluding hydrogens is 336 g/mol. The maximum atomic E-state index is 12.6. The number of sulfonamides is 1. The summed E-state index contributed by atoms with van der Waals surface area (Å²) in [5.74, 6) is -0.345. The molecule has 134 valence electrons. The second-order valence-corrected chi connectivity index (χ2v) is 8.07. The molecule has 0 aliphatic heterocycles. The number of hydrogen-bond donors (Lipinski definition) is 1. The summed E-state index contributed by atoms with van der Waals surface area (Å²) in [6.07, 6.45) is 1.10. The number of amides is 1. The van der Waals surface area contributed by atoms with Gasteiger partial charge in [-0.15, -0.1) is 0 Å². The van der Waals surface area contributed by atoms with Crippen LogP contribution in [0, 0.1) is 6.92 Å². The predicted molar refractivity (Wildman–Crippen MR) is 101 cm³/mol. The average Bonchev–Trinajstić information content (AvgIpc) is 2.55. The number of aryl methyl sites for hydroxylation is 1. The maximum absolute atomic E-state index is 12.6. The standard InChI is InChI=1S/C19H24N2O3S/c1-14-10-12-17(13-11-14)15(2)20-19(22)16(3)21(25(4,23)24)18-8-6-5-7-9-18/h5-13,15-16H,1-4H3,(H,20,22)/t15-,16+/m0/s1. The molecule has 0 bridgehead atoms. The highest BCUT2D eigenvalue weighted by Gasteiger charge is 2.29. The van der Waals surface area contributed by atoms with Crippen LogP contribution < -0.4 is 9.62 Å². The molecule has 0 aromatic heterocycles. The number of carbonyl (C=O) groups is 1. The van der Waals surface area contributed by atoms with Gasteiger partial charge in [-0.1, -0.05) is 48.0 Å². The van der Waals surface area contributed by atoms with E-state index in [4.69, 9.17) is 0 Å². The molecule has 0 saturated heterocycles. The highest BCUT2D eigenvalue weighted by molar-refractivity contribution is 7.92. The lowest BCUT2D eigenvalue weighted by Crippen LogP contribution is -2.48. The molecule has 2 rings (SSSR count). The van der Waals surface area contributed by atoms with Crippen molar-refractivity contribution in [1.82, 2.24) is 5.32 Å². The van der Waals surface area contributed by atoms with Crippen LogP contribution in [0.1, 0.15) is 31.0 Å². The lowest BCUT2D eigenvalue weighted by atomic mass is 10.1. The first kappa shape index (κ1) is 19.0. The van der Waals surface area contributed by atoms with Crippen LogP contribution in [0.15, 0.2) is 54.6 Å². The number of para-hydroxylation sites is 1. The lowest BCUT2D eigenvalue weighted by molar-refractivity contribution is -0.122. The van der Waals surface area contributed by atoms with E-state index in [1.807, 2.05) is 38.1 Å². The number of nitrogens with one attached hydrogen (secondary N) is 1. The summed E-state index contributed by atoms with van der Waals surface area (Å²) >= 11 is 0. The van der Waals surface area contributed by atoms with Crippen molar-refractivity contribution in [2.45, 2.75) is 32.9 Å². The van der Waals surface area contributed by atoms with Crippen LogP contribution in [-0.2, 0) is 14.8 Å². The van der Waals surface area contributed by atoms with Crippen molar-refractivity contribution in [1.29, 1.82) is 0 Å². The van der Waals surface area contributed by atoms with Crippen LogP contribution in [0.3, 0.4) is 0 Å². The van der Waals surface area contributed by atoms with E-state index in [0.29, 0.717) is 5.69 Å². The SMILES string of the molecule is Cc1ccc([C@H](C)NC(=O)[C@@H](C)N(c2ccccc2)S(C)(=O)=O)cc1. The monoisotopic (exact) mass is 360 g/mol. The Bertz CT molecular complexity index is 818. The van der Waals surface area contributed by atoms with Crippen LogP contribution in [0.2, 0.25) is 0 Å². The summed E-state index contributed by atoms with van der Waals surface area (Å²) in [6.45, 7) is 5.47. The number of rotatable bonds is 6. The Hall–Kier alpha value is -2.34. The van der Waals surface area contributed by atoms with E-state index < -0.39 is 16.1 Å². The van der Waals surface area contributed by atoms with E-state index in [1.165, 1.54) is 0 Å². The minimum Gasteiger partial charge on any atom is -0.348 e. The zero-order chi connectivity index (χ0) is 18.6. The Labute approximate surface area is 149 Å². The van der Waals surface area contributed by atoms with E-state index in [1.54, 1.807) is 37.3 Å². The van der Waals surface area contributed by atoms with E-state index in [0.717, 1.165) is 21.7 Å². The van der Waals surface area contributed by atoms with Crippen molar-refractivity contribution in [2.24, 2.45) is 0 Å². The minimum atomic E-state index is -3.60.